The van der Waals surface area contributed by atoms with Crippen LogP contribution in [0.5, 0.6) is 5.75 Å². The topological polar surface area (TPSA) is 100 Å². The Kier molecular flexibility index (Phi) is 6.45. The van der Waals surface area contributed by atoms with E-state index in [0.29, 0.717) is 20.6 Å². The molecule has 5 rings (SSSR count). The molecule has 4 aromatic rings. The highest BCUT2D eigenvalue weighted by atomic mass is 32.1. The fraction of sp³-hybridized carbons (Fsp3) is 0.143. The molecule has 0 saturated heterocycles. The van der Waals surface area contributed by atoms with Crippen LogP contribution in [0.3, 0.4) is 0 Å². The van der Waals surface area contributed by atoms with E-state index in [1.54, 1.807) is 37.3 Å². The minimum atomic E-state index is -0.765. The number of esters is 2. The number of rotatable bonds is 5. The van der Waals surface area contributed by atoms with Gasteiger partial charge in [-0.3, -0.25) is 9.36 Å². The lowest BCUT2D eigenvalue weighted by molar-refractivity contribution is -0.136. The predicted molar refractivity (Wildman–Crippen MR) is 137 cm³/mol. The zero-order valence-electron chi connectivity index (χ0n) is 20.3. The monoisotopic (exact) mass is 514 g/mol. The highest BCUT2D eigenvalue weighted by molar-refractivity contribution is 7.07. The molecule has 0 saturated carbocycles. The molecule has 1 atom stereocenters. The van der Waals surface area contributed by atoms with Gasteiger partial charge in [0.15, 0.2) is 4.80 Å². The van der Waals surface area contributed by atoms with E-state index in [0.717, 1.165) is 11.1 Å². The van der Waals surface area contributed by atoms with Crippen LogP contribution in [-0.4, -0.2) is 23.6 Å². The van der Waals surface area contributed by atoms with Gasteiger partial charge < -0.3 is 13.9 Å². The number of hydrogen-bond acceptors (Lipinski definition) is 8. The van der Waals surface area contributed by atoms with Crippen LogP contribution in [-0.2, 0) is 9.53 Å². The largest absolute Gasteiger partial charge is 0.466 e. The molecular weight excluding hydrogens is 492 g/mol. The van der Waals surface area contributed by atoms with Gasteiger partial charge in [-0.1, -0.05) is 53.3 Å². The molecule has 0 fully saturated rings. The molecule has 1 aliphatic heterocycles. The van der Waals surface area contributed by atoms with E-state index < -0.39 is 18.0 Å². The SMILES string of the molecule is COC(=O)C1=C(C)N=c2s/c(=C/c3ccc(C)cc3)c(=O)n2[C@@H]1c1ccc(OC(=O)c2ccco2)cc1. The lowest BCUT2D eigenvalue weighted by Crippen LogP contribution is -2.39. The standard InChI is InChI=1S/C28H22N2O6S/c1-16-6-8-18(9-7-16)15-22-25(31)30-24(23(27(33)34-3)17(2)29-28(30)37-22)19-10-12-20(13-11-19)36-26(32)21-5-4-14-35-21/h4-15,24H,1-3H3/b22-15+/t24-/m1/s1. The van der Waals surface area contributed by atoms with E-state index in [-0.39, 0.29) is 22.6 Å². The van der Waals surface area contributed by atoms with Gasteiger partial charge in [0.05, 0.1) is 35.2 Å². The molecule has 0 radical (unpaired) electrons. The molecule has 2 aromatic carbocycles. The van der Waals surface area contributed by atoms with Crippen LogP contribution in [0.15, 0.2) is 92.4 Å². The number of nitrogens with zero attached hydrogens (tertiary/aromatic N) is 2. The van der Waals surface area contributed by atoms with E-state index in [1.165, 1.54) is 35.3 Å². The van der Waals surface area contributed by atoms with Crippen LogP contribution in [0.4, 0.5) is 0 Å². The molecule has 0 amide bonds. The van der Waals surface area contributed by atoms with Crippen LogP contribution in [0, 0.1) is 6.92 Å². The summed E-state index contributed by atoms with van der Waals surface area (Å²) in [5.41, 5.74) is 3.10. The van der Waals surface area contributed by atoms with Gasteiger partial charge in [0.2, 0.25) is 5.76 Å². The zero-order valence-corrected chi connectivity index (χ0v) is 21.1. The Hall–Kier alpha value is -4.50. The lowest BCUT2D eigenvalue weighted by Gasteiger charge is -2.24. The summed E-state index contributed by atoms with van der Waals surface area (Å²) in [6.45, 7) is 3.72. The fourth-order valence-electron chi connectivity index (χ4n) is 4.09. The van der Waals surface area contributed by atoms with Crippen molar-refractivity contribution in [2.24, 2.45) is 4.99 Å². The molecule has 0 bridgehead atoms. The number of thiazole rings is 1. The quantitative estimate of drug-likeness (QED) is 0.298. The first-order chi connectivity index (χ1) is 17.9. The second-order valence-corrected chi connectivity index (χ2v) is 9.43. The Bertz CT molecular complexity index is 1690. The van der Waals surface area contributed by atoms with E-state index >= 15 is 0 Å². The number of aryl methyl sites for hydroxylation is 1. The molecule has 0 spiro atoms. The van der Waals surface area contributed by atoms with Crippen LogP contribution in [0.25, 0.3) is 6.08 Å². The summed E-state index contributed by atoms with van der Waals surface area (Å²) in [5.74, 6) is -0.839. The maximum atomic E-state index is 13.6. The summed E-state index contributed by atoms with van der Waals surface area (Å²) in [6, 6.07) is 16.8. The van der Waals surface area contributed by atoms with Gasteiger partial charge in [-0.05, 0) is 55.3 Å². The fourth-order valence-corrected chi connectivity index (χ4v) is 5.14. The van der Waals surface area contributed by atoms with Crippen molar-refractivity contribution in [2.45, 2.75) is 19.9 Å². The zero-order chi connectivity index (χ0) is 26.1. The summed E-state index contributed by atoms with van der Waals surface area (Å²) in [6.07, 6.45) is 3.20. The number of ether oxygens (including phenoxy) is 2. The Morgan fingerprint density at radius 1 is 1.03 bits per heavy atom. The number of hydrogen-bond donors (Lipinski definition) is 0. The van der Waals surface area contributed by atoms with Gasteiger partial charge in [0.25, 0.3) is 5.56 Å². The summed E-state index contributed by atoms with van der Waals surface area (Å²) in [7, 11) is 1.29. The number of aromatic nitrogens is 1. The second kappa shape index (κ2) is 9.87. The molecule has 0 N–H and O–H groups in total. The third kappa shape index (κ3) is 4.68. The van der Waals surface area contributed by atoms with Crippen LogP contribution in [0.2, 0.25) is 0 Å². The molecular formula is C28H22N2O6S. The van der Waals surface area contributed by atoms with Crippen molar-refractivity contribution in [3.8, 4) is 5.75 Å². The Balaban J connectivity index is 1.58. The number of benzene rings is 2. The van der Waals surface area contributed by atoms with Crippen molar-refractivity contribution in [1.82, 2.24) is 4.57 Å². The van der Waals surface area contributed by atoms with Crippen LogP contribution in [0.1, 0.15) is 40.2 Å². The molecule has 0 unspecified atom stereocenters. The van der Waals surface area contributed by atoms with Crippen molar-refractivity contribution in [3.05, 3.63) is 120 Å². The van der Waals surface area contributed by atoms with Gasteiger partial charge in [0.1, 0.15) is 5.75 Å². The molecule has 1 aliphatic rings. The Morgan fingerprint density at radius 3 is 2.41 bits per heavy atom. The first-order valence-corrected chi connectivity index (χ1v) is 12.2. The first kappa shape index (κ1) is 24.2. The number of fused-ring (bicyclic) bond motifs is 1. The summed E-state index contributed by atoms with van der Waals surface area (Å²) < 4.78 is 17.5. The third-order valence-electron chi connectivity index (χ3n) is 5.93. The lowest BCUT2D eigenvalue weighted by atomic mass is 9.96. The van der Waals surface area contributed by atoms with E-state index in [2.05, 4.69) is 4.99 Å². The highest BCUT2D eigenvalue weighted by Crippen LogP contribution is 2.31. The Labute approximate surface area is 215 Å². The highest BCUT2D eigenvalue weighted by Gasteiger charge is 2.33. The summed E-state index contributed by atoms with van der Waals surface area (Å²) in [4.78, 5) is 43.7. The van der Waals surface area contributed by atoms with Crippen molar-refractivity contribution in [2.75, 3.05) is 7.11 Å². The molecule has 3 heterocycles. The number of carbonyl (C=O) groups is 2. The maximum Gasteiger partial charge on any atom is 0.379 e. The molecule has 37 heavy (non-hydrogen) atoms. The maximum absolute atomic E-state index is 13.6. The number of allylic oxidation sites excluding steroid dienone is 1. The van der Waals surface area contributed by atoms with Gasteiger partial charge in [-0.2, -0.15) is 0 Å². The number of furan rings is 1. The number of carbonyl (C=O) groups excluding carboxylic acids is 2. The van der Waals surface area contributed by atoms with Gasteiger partial charge >= 0.3 is 11.9 Å². The smallest absolute Gasteiger partial charge is 0.379 e. The van der Waals surface area contributed by atoms with E-state index in [9.17, 15) is 14.4 Å². The molecule has 9 heteroatoms. The first-order valence-electron chi connectivity index (χ1n) is 11.4. The van der Waals surface area contributed by atoms with Crippen molar-refractivity contribution < 1.29 is 23.5 Å². The van der Waals surface area contributed by atoms with Crippen LogP contribution >= 0.6 is 11.3 Å². The summed E-state index contributed by atoms with van der Waals surface area (Å²) >= 11 is 1.26. The summed E-state index contributed by atoms with van der Waals surface area (Å²) in [5, 5.41) is 0. The Morgan fingerprint density at radius 2 is 1.76 bits per heavy atom. The van der Waals surface area contributed by atoms with Gasteiger partial charge in [-0.25, -0.2) is 14.6 Å². The van der Waals surface area contributed by atoms with Crippen molar-refractivity contribution in [3.63, 3.8) is 0 Å². The van der Waals surface area contributed by atoms with Crippen molar-refractivity contribution >= 4 is 29.4 Å². The minimum Gasteiger partial charge on any atom is -0.466 e. The average Bonchev–Trinajstić information content (AvgIpc) is 3.54. The van der Waals surface area contributed by atoms with Gasteiger partial charge in [0, 0.05) is 0 Å². The van der Waals surface area contributed by atoms with Crippen LogP contribution < -0.4 is 19.6 Å². The van der Waals surface area contributed by atoms with Gasteiger partial charge in [-0.15, -0.1) is 0 Å². The molecule has 186 valence electrons. The predicted octanol–water partition coefficient (Wildman–Crippen LogP) is 3.53. The van der Waals surface area contributed by atoms with E-state index in [4.69, 9.17) is 13.9 Å². The number of methoxy groups -OCH3 is 1. The molecule has 0 aliphatic carbocycles. The molecule has 8 nitrogen and oxygen atoms in total. The normalized spacial score (nSPS) is 15.2. The second-order valence-electron chi connectivity index (χ2n) is 8.42. The van der Waals surface area contributed by atoms with Crippen molar-refractivity contribution in [1.29, 1.82) is 0 Å². The van der Waals surface area contributed by atoms with E-state index in [1.807, 2.05) is 37.3 Å². The molecule has 2 aromatic heterocycles. The average molecular weight is 515 g/mol. The minimum absolute atomic E-state index is 0.0799. The third-order valence-corrected chi connectivity index (χ3v) is 6.91.